The smallest absolute Gasteiger partial charge is 0.251 e. The van der Waals surface area contributed by atoms with Crippen molar-refractivity contribution in [2.45, 2.75) is 11.4 Å². The quantitative estimate of drug-likeness (QED) is 0.236. The molecule has 3 aromatic carbocycles. The number of carbonyl (C=O) groups is 1. The highest BCUT2D eigenvalue weighted by molar-refractivity contribution is 7.59. The fourth-order valence-corrected chi connectivity index (χ4v) is 4.38. The molecular weight excluding hydrogens is 477 g/mol. The van der Waals surface area contributed by atoms with Gasteiger partial charge in [0.15, 0.2) is 0 Å². The minimum Gasteiger partial charge on any atom is -0.779 e. The summed E-state index contributed by atoms with van der Waals surface area (Å²) in [5.74, 6) is -0.116. The molecule has 0 saturated carbocycles. The van der Waals surface area contributed by atoms with E-state index in [-0.39, 0.29) is 18.3 Å². The Morgan fingerprint density at radius 2 is 1.86 bits per heavy atom. The molecular formula is C28H21FN3O3S-. The molecule has 180 valence electrons. The Kier molecular flexibility index (Phi) is 6.26. The molecule has 2 N–H and O–H groups in total. The van der Waals surface area contributed by atoms with E-state index in [2.05, 4.69) is 10.3 Å². The predicted molar refractivity (Wildman–Crippen MR) is 138 cm³/mol. The van der Waals surface area contributed by atoms with Crippen molar-refractivity contribution in [3.8, 4) is 28.1 Å². The molecule has 2 aromatic heterocycles. The Labute approximate surface area is 212 Å². The van der Waals surface area contributed by atoms with Crippen LogP contribution >= 0.6 is 0 Å². The number of rotatable bonds is 6. The Morgan fingerprint density at radius 1 is 1.06 bits per heavy atom. The maximum atomic E-state index is 13.1. The van der Waals surface area contributed by atoms with E-state index < -0.39 is 0 Å². The number of amides is 1. The number of aromatic nitrogens is 2. The molecule has 0 atom stereocenters. The van der Waals surface area contributed by atoms with Gasteiger partial charge in [0.05, 0.1) is 18.8 Å². The molecule has 0 fully saturated rings. The maximum Gasteiger partial charge on any atom is 0.251 e. The molecule has 0 aliphatic carbocycles. The van der Waals surface area contributed by atoms with Gasteiger partial charge in [-0.05, 0) is 35.4 Å². The lowest BCUT2D eigenvalue weighted by atomic mass is 9.98. The number of fused-ring (bicyclic) bond motifs is 1. The fraction of sp³-hybridized carbons (Fsp3) is 0.0714. The number of para-hydroxylation sites is 1. The van der Waals surface area contributed by atoms with Crippen LogP contribution in [0.5, 0.6) is 5.88 Å². The first-order valence-corrected chi connectivity index (χ1v) is 11.5. The summed E-state index contributed by atoms with van der Waals surface area (Å²) < 4.78 is 19.3. The van der Waals surface area contributed by atoms with Gasteiger partial charge in [0, 0.05) is 46.4 Å². The number of methoxy groups -OCH3 is 1. The van der Waals surface area contributed by atoms with Crippen molar-refractivity contribution in [3.05, 3.63) is 102 Å². The lowest BCUT2D eigenvalue weighted by Gasteiger charge is -2.17. The first kappa shape index (κ1) is 23.3. The van der Waals surface area contributed by atoms with E-state index >= 15 is 0 Å². The summed E-state index contributed by atoms with van der Waals surface area (Å²) in [6.45, 7) is 0.262. The predicted octanol–water partition coefficient (Wildman–Crippen LogP) is 5.59. The zero-order chi connectivity index (χ0) is 25.2. The highest BCUT2D eigenvalue weighted by Gasteiger charge is 2.16. The van der Waals surface area contributed by atoms with Crippen LogP contribution in [0.1, 0.15) is 15.9 Å². The van der Waals surface area contributed by atoms with Crippen LogP contribution in [0.15, 0.2) is 90.1 Å². The average Bonchev–Trinajstić information content (AvgIpc) is 3.25. The van der Waals surface area contributed by atoms with Crippen LogP contribution < -0.4 is 10.1 Å². The normalized spacial score (nSPS) is 10.9. The highest BCUT2D eigenvalue weighted by Crippen LogP contribution is 2.37. The van der Waals surface area contributed by atoms with E-state index in [4.69, 9.17) is 17.4 Å². The molecule has 2 heterocycles. The van der Waals surface area contributed by atoms with Crippen LogP contribution in [-0.4, -0.2) is 27.9 Å². The molecule has 0 aliphatic heterocycles. The van der Waals surface area contributed by atoms with Crippen LogP contribution in [0.25, 0.3) is 33.2 Å². The fourth-order valence-electron chi connectivity index (χ4n) is 4.14. The molecule has 0 aliphatic rings. The highest BCUT2D eigenvalue weighted by atomic mass is 32.1. The van der Waals surface area contributed by atoms with Crippen molar-refractivity contribution in [1.82, 2.24) is 15.0 Å². The lowest BCUT2D eigenvalue weighted by Crippen LogP contribution is -2.22. The topological polar surface area (TPSA) is 76.4 Å². The molecule has 0 saturated heterocycles. The number of carbonyl (C=O) groups excluding carboxylic acids is 1. The van der Waals surface area contributed by atoms with Crippen molar-refractivity contribution >= 4 is 29.4 Å². The second-order valence-electron chi connectivity index (χ2n) is 8.20. The monoisotopic (exact) mass is 498 g/mol. The van der Waals surface area contributed by atoms with E-state index in [0.29, 0.717) is 33.0 Å². The van der Waals surface area contributed by atoms with Gasteiger partial charge in [0.1, 0.15) is 5.82 Å². The Balaban J connectivity index is 1.50. The Morgan fingerprint density at radius 3 is 2.58 bits per heavy atom. The minimum atomic E-state index is -0.329. The van der Waals surface area contributed by atoms with E-state index in [1.54, 1.807) is 55.9 Å². The van der Waals surface area contributed by atoms with E-state index in [1.807, 2.05) is 24.3 Å². The molecule has 8 heteroatoms. The molecule has 0 radical (unpaired) electrons. The molecule has 6 nitrogen and oxygen atoms in total. The molecule has 0 unspecified atom stereocenters. The zero-order valence-electron chi connectivity index (χ0n) is 19.2. The van der Waals surface area contributed by atoms with Gasteiger partial charge in [-0.1, -0.05) is 42.5 Å². The summed E-state index contributed by atoms with van der Waals surface area (Å²) in [6, 6.07) is 20.3. The van der Waals surface area contributed by atoms with Gasteiger partial charge in [-0.2, -0.15) is 9.63 Å². The van der Waals surface area contributed by atoms with Gasteiger partial charge in [0.25, 0.3) is 5.91 Å². The number of nitrogens with zero attached hydrogens (tertiary/aromatic N) is 2. The number of hydrogen-bond donors (Lipinski definition) is 2. The largest absolute Gasteiger partial charge is 0.779 e. The van der Waals surface area contributed by atoms with Gasteiger partial charge in [-0.25, -0.2) is 9.37 Å². The minimum absolute atomic E-state index is 0.262. The van der Waals surface area contributed by atoms with Crippen LogP contribution in [0.4, 0.5) is 4.39 Å². The number of nitrogens with one attached hydrogen (secondary N) is 1. The van der Waals surface area contributed by atoms with Crippen LogP contribution in [0.2, 0.25) is 0 Å². The van der Waals surface area contributed by atoms with Crippen LogP contribution in [0, 0.1) is 5.82 Å². The van der Waals surface area contributed by atoms with Crippen molar-refractivity contribution in [2.24, 2.45) is 0 Å². The summed E-state index contributed by atoms with van der Waals surface area (Å²) in [6.07, 6.45) is 3.31. The van der Waals surface area contributed by atoms with Crippen molar-refractivity contribution in [3.63, 3.8) is 0 Å². The SMILES string of the molecule is COc1ccc(-c2cn(O)c3c(-c4cc(C(=O)NCc5ccc(F)cc5)ccc4[S-])cccc23)cn1. The third kappa shape index (κ3) is 4.46. The number of hydrogen-bond acceptors (Lipinski definition) is 5. The molecule has 5 rings (SSSR count). The number of benzene rings is 3. The molecule has 5 aromatic rings. The second-order valence-corrected chi connectivity index (χ2v) is 8.64. The van der Waals surface area contributed by atoms with Gasteiger partial charge in [-0.15, -0.1) is 0 Å². The van der Waals surface area contributed by atoms with Gasteiger partial charge >= 0.3 is 0 Å². The summed E-state index contributed by atoms with van der Waals surface area (Å²) >= 11 is 5.59. The molecule has 1 amide bonds. The second kappa shape index (κ2) is 9.67. The molecule has 36 heavy (non-hydrogen) atoms. The van der Waals surface area contributed by atoms with E-state index in [0.717, 1.165) is 26.8 Å². The summed E-state index contributed by atoms with van der Waals surface area (Å²) in [7, 11) is 1.55. The standard InChI is InChI=1S/C28H22FN3O3S/c1-35-26-12-8-19(15-30-26)24-16-32(34)27-21(3-2-4-22(24)27)23-13-18(7-11-25(23)36)28(33)31-14-17-5-9-20(29)10-6-17/h2-13,15-16,34,36H,14H2,1H3,(H,31,33)/p-1. The third-order valence-corrected chi connectivity index (χ3v) is 6.32. The van der Waals surface area contributed by atoms with Crippen LogP contribution in [-0.2, 0) is 19.2 Å². The summed E-state index contributed by atoms with van der Waals surface area (Å²) in [5, 5.41) is 14.5. The van der Waals surface area contributed by atoms with Gasteiger partial charge in [-0.3, -0.25) is 4.79 Å². The average molecular weight is 499 g/mol. The van der Waals surface area contributed by atoms with Crippen molar-refractivity contribution in [2.75, 3.05) is 7.11 Å². The van der Waals surface area contributed by atoms with E-state index in [9.17, 15) is 14.4 Å². The van der Waals surface area contributed by atoms with Crippen LogP contribution in [0.3, 0.4) is 0 Å². The first-order chi connectivity index (χ1) is 17.4. The van der Waals surface area contributed by atoms with E-state index in [1.165, 1.54) is 12.1 Å². The summed E-state index contributed by atoms with van der Waals surface area (Å²) in [5.41, 5.74) is 4.74. The Bertz CT molecular complexity index is 1560. The molecule has 0 spiro atoms. The maximum absolute atomic E-state index is 13.1. The number of pyridine rings is 1. The van der Waals surface area contributed by atoms with Crippen molar-refractivity contribution < 1.29 is 19.1 Å². The summed E-state index contributed by atoms with van der Waals surface area (Å²) in [4.78, 5) is 17.7. The third-order valence-electron chi connectivity index (χ3n) is 5.96. The number of ether oxygens (including phenoxy) is 1. The lowest BCUT2D eigenvalue weighted by molar-refractivity contribution is 0.0951. The Hall–Kier alpha value is -4.43. The zero-order valence-corrected chi connectivity index (χ0v) is 20.1. The number of halogens is 1. The van der Waals surface area contributed by atoms with Gasteiger partial charge in [0.2, 0.25) is 5.88 Å². The first-order valence-electron chi connectivity index (χ1n) is 11.1. The molecule has 0 bridgehead atoms. The van der Waals surface area contributed by atoms with Gasteiger partial charge < -0.3 is 27.9 Å². The van der Waals surface area contributed by atoms with Crippen molar-refractivity contribution in [1.29, 1.82) is 0 Å².